The Labute approximate surface area is 153 Å². The number of para-hydroxylation sites is 1. The molecule has 0 aliphatic carbocycles. The third-order valence-corrected chi connectivity index (χ3v) is 5.51. The van der Waals surface area contributed by atoms with Crippen molar-refractivity contribution in [2.45, 2.75) is 37.1 Å². The van der Waals surface area contributed by atoms with Crippen LogP contribution in [0.25, 0.3) is 11.0 Å². The second kappa shape index (κ2) is 6.26. The van der Waals surface area contributed by atoms with Gasteiger partial charge < -0.3 is 5.32 Å². The minimum absolute atomic E-state index is 0.130. The summed E-state index contributed by atoms with van der Waals surface area (Å²) in [6.07, 6.45) is 0.590. The molecular formula is C18H20F2N4O3. The van der Waals surface area contributed by atoms with E-state index in [1.165, 1.54) is 16.2 Å². The van der Waals surface area contributed by atoms with Crippen molar-refractivity contribution in [2.75, 3.05) is 13.1 Å². The van der Waals surface area contributed by atoms with Gasteiger partial charge in [0.15, 0.2) is 0 Å². The number of halogens is 2. The van der Waals surface area contributed by atoms with Gasteiger partial charge in [0.25, 0.3) is 5.92 Å². The summed E-state index contributed by atoms with van der Waals surface area (Å²) in [6, 6.07) is 4.09. The number of carbonyl (C=O) groups is 2. The van der Waals surface area contributed by atoms with Crippen LogP contribution in [0.3, 0.4) is 0 Å². The molecule has 0 spiro atoms. The van der Waals surface area contributed by atoms with Crippen molar-refractivity contribution in [3.63, 3.8) is 0 Å². The number of aryl methyl sites for hydroxylation is 1. The Morgan fingerprint density at radius 1 is 1.19 bits per heavy atom. The van der Waals surface area contributed by atoms with Gasteiger partial charge in [-0.2, -0.15) is 0 Å². The van der Waals surface area contributed by atoms with Gasteiger partial charge in [0, 0.05) is 13.5 Å². The zero-order valence-corrected chi connectivity index (χ0v) is 14.8. The molecule has 2 fully saturated rings. The lowest BCUT2D eigenvalue weighted by atomic mass is 9.86. The first-order valence-corrected chi connectivity index (χ1v) is 8.93. The average Bonchev–Trinajstić information content (AvgIpc) is 2.86. The molecule has 2 aliphatic heterocycles. The third kappa shape index (κ3) is 2.77. The van der Waals surface area contributed by atoms with Gasteiger partial charge in [-0.3, -0.25) is 24.0 Å². The molecule has 2 amide bonds. The summed E-state index contributed by atoms with van der Waals surface area (Å²) in [4.78, 5) is 36.6. The number of piperidine rings is 2. The van der Waals surface area contributed by atoms with Crippen LogP contribution in [0.5, 0.6) is 0 Å². The molecule has 3 heterocycles. The molecule has 4 rings (SSSR count). The Bertz CT molecular complexity index is 994. The Kier molecular flexibility index (Phi) is 4.14. The Balaban J connectivity index is 1.90. The van der Waals surface area contributed by atoms with Crippen molar-refractivity contribution in [1.82, 2.24) is 19.8 Å². The zero-order chi connectivity index (χ0) is 19.3. The molecule has 144 valence electrons. The maximum Gasteiger partial charge on any atom is 0.329 e. The molecule has 2 aromatic rings. The fraction of sp³-hybridized carbons (Fsp3) is 0.500. The van der Waals surface area contributed by atoms with E-state index in [1.54, 1.807) is 18.2 Å². The van der Waals surface area contributed by atoms with Crippen LogP contribution in [0.15, 0.2) is 23.0 Å². The molecule has 2 saturated heterocycles. The molecule has 0 bridgehead atoms. The van der Waals surface area contributed by atoms with Crippen molar-refractivity contribution < 1.29 is 18.4 Å². The van der Waals surface area contributed by atoms with E-state index in [0.29, 0.717) is 23.1 Å². The fourth-order valence-corrected chi connectivity index (χ4v) is 4.20. The van der Waals surface area contributed by atoms with E-state index >= 15 is 0 Å². The molecule has 0 saturated carbocycles. The number of alkyl halides is 2. The number of rotatable bonds is 2. The minimum atomic E-state index is -2.93. The molecule has 1 aromatic carbocycles. The van der Waals surface area contributed by atoms with Gasteiger partial charge in [0.2, 0.25) is 11.8 Å². The second-order valence-corrected chi connectivity index (χ2v) is 7.17. The van der Waals surface area contributed by atoms with Gasteiger partial charge >= 0.3 is 5.69 Å². The van der Waals surface area contributed by atoms with E-state index in [-0.39, 0.29) is 25.2 Å². The van der Waals surface area contributed by atoms with E-state index in [0.717, 1.165) is 0 Å². The highest BCUT2D eigenvalue weighted by atomic mass is 19.3. The first-order chi connectivity index (χ1) is 12.8. The van der Waals surface area contributed by atoms with Crippen molar-refractivity contribution in [3.8, 4) is 0 Å². The molecular weight excluding hydrogens is 358 g/mol. The predicted molar refractivity (Wildman–Crippen MR) is 93.8 cm³/mol. The third-order valence-electron chi connectivity index (χ3n) is 5.51. The number of aromatic nitrogens is 2. The fourth-order valence-electron chi connectivity index (χ4n) is 4.20. The Morgan fingerprint density at radius 3 is 2.67 bits per heavy atom. The maximum atomic E-state index is 14.5. The number of hydrogen-bond donors (Lipinski definition) is 2. The topological polar surface area (TPSA) is 85.1 Å². The number of hydrogen-bond acceptors (Lipinski definition) is 4. The standard InChI is InChI=1S/C18H20F2N4O3/c1-23-15-10(11-7-8-21-9-18(11,19)20)3-2-4-12(15)24(17(23)27)13-5-6-14(25)22-16(13)26/h2-4,11,13,21H,5-9H2,1H3,(H,22,25,26). The second-order valence-electron chi connectivity index (χ2n) is 7.17. The van der Waals surface area contributed by atoms with Crippen molar-refractivity contribution >= 4 is 22.8 Å². The SMILES string of the molecule is Cn1c(=O)n(C2CCC(=O)NC2=O)c2cccc(C3CCNCC3(F)F)c21. The highest BCUT2D eigenvalue weighted by molar-refractivity contribution is 6.00. The lowest BCUT2D eigenvalue weighted by Gasteiger charge is -2.32. The van der Waals surface area contributed by atoms with Crippen LogP contribution in [0.2, 0.25) is 0 Å². The van der Waals surface area contributed by atoms with Gasteiger partial charge in [0.05, 0.1) is 23.5 Å². The summed E-state index contributed by atoms with van der Waals surface area (Å²) >= 11 is 0. The average molecular weight is 378 g/mol. The van der Waals surface area contributed by atoms with Crippen LogP contribution in [0.4, 0.5) is 8.78 Å². The van der Waals surface area contributed by atoms with Crippen molar-refractivity contribution in [2.24, 2.45) is 7.05 Å². The van der Waals surface area contributed by atoms with E-state index < -0.39 is 36.0 Å². The largest absolute Gasteiger partial charge is 0.329 e. The predicted octanol–water partition coefficient (Wildman–Crippen LogP) is 1.03. The van der Waals surface area contributed by atoms with E-state index in [9.17, 15) is 23.2 Å². The lowest BCUT2D eigenvalue weighted by molar-refractivity contribution is -0.135. The van der Waals surface area contributed by atoms with Crippen LogP contribution >= 0.6 is 0 Å². The summed E-state index contributed by atoms with van der Waals surface area (Å²) in [5, 5.41) is 4.95. The van der Waals surface area contributed by atoms with Gasteiger partial charge in [-0.25, -0.2) is 13.6 Å². The van der Waals surface area contributed by atoms with Crippen molar-refractivity contribution in [1.29, 1.82) is 0 Å². The summed E-state index contributed by atoms with van der Waals surface area (Å²) in [6.45, 7) is 0.0638. The van der Waals surface area contributed by atoms with Crippen LogP contribution in [0, 0.1) is 0 Å². The van der Waals surface area contributed by atoms with Crippen LogP contribution in [0.1, 0.15) is 36.8 Å². The molecule has 2 unspecified atom stereocenters. The van der Waals surface area contributed by atoms with Crippen molar-refractivity contribution in [3.05, 3.63) is 34.2 Å². The zero-order valence-electron chi connectivity index (χ0n) is 14.8. The quantitative estimate of drug-likeness (QED) is 0.765. The highest BCUT2D eigenvalue weighted by Gasteiger charge is 2.44. The van der Waals surface area contributed by atoms with E-state index in [2.05, 4.69) is 10.6 Å². The number of nitrogens with zero attached hydrogens (tertiary/aromatic N) is 2. The number of carbonyl (C=O) groups excluding carboxylic acids is 2. The van der Waals surface area contributed by atoms with E-state index in [4.69, 9.17) is 0 Å². The smallest absolute Gasteiger partial charge is 0.311 e. The summed E-state index contributed by atoms with van der Waals surface area (Å²) in [7, 11) is 1.52. The molecule has 1 aromatic heterocycles. The summed E-state index contributed by atoms with van der Waals surface area (Å²) in [5.41, 5.74) is 0.802. The Morgan fingerprint density at radius 2 is 1.96 bits per heavy atom. The number of fused-ring (bicyclic) bond motifs is 1. The molecule has 7 nitrogen and oxygen atoms in total. The molecule has 27 heavy (non-hydrogen) atoms. The number of nitrogens with one attached hydrogen (secondary N) is 2. The summed E-state index contributed by atoms with van der Waals surface area (Å²) < 4.78 is 31.7. The number of amides is 2. The maximum absolute atomic E-state index is 14.5. The van der Waals surface area contributed by atoms with Gasteiger partial charge in [0.1, 0.15) is 6.04 Å². The lowest BCUT2D eigenvalue weighted by Crippen LogP contribution is -2.44. The molecule has 0 radical (unpaired) electrons. The molecule has 9 heteroatoms. The molecule has 2 atom stereocenters. The number of imide groups is 1. The van der Waals surface area contributed by atoms with Gasteiger partial charge in [-0.1, -0.05) is 12.1 Å². The highest BCUT2D eigenvalue weighted by Crippen LogP contribution is 2.40. The first kappa shape index (κ1) is 17.8. The molecule has 2 N–H and O–H groups in total. The van der Waals surface area contributed by atoms with Crippen LogP contribution in [-0.4, -0.2) is 40.0 Å². The number of imidazole rings is 1. The van der Waals surface area contributed by atoms with Gasteiger partial charge in [-0.15, -0.1) is 0 Å². The van der Waals surface area contributed by atoms with E-state index in [1.807, 2.05) is 0 Å². The minimum Gasteiger partial charge on any atom is -0.311 e. The van der Waals surface area contributed by atoms with Crippen LogP contribution < -0.4 is 16.3 Å². The monoisotopic (exact) mass is 378 g/mol. The van der Waals surface area contributed by atoms with Gasteiger partial charge in [-0.05, 0) is 31.0 Å². The summed E-state index contributed by atoms with van der Waals surface area (Å²) in [5.74, 6) is -4.86. The normalized spacial score (nSPS) is 25.6. The molecule has 2 aliphatic rings. The first-order valence-electron chi connectivity index (χ1n) is 8.93. The number of benzene rings is 1. The van der Waals surface area contributed by atoms with Crippen LogP contribution in [-0.2, 0) is 16.6 Å². The Hall–Kier alpha value is -2.55.